The summed E-state index contributed by atoms with van der Waals surface area (Å²) in [5.74, 6) is 2.74. The van der Waals surface area contributed by atoms with Crippen LogP contribution in [0.15, 0.2) is 73.3 Å². The molecule has 1 aliphatic rings. The maximum atomic E-state index is 9.80. The van der Waals surface area contributed by atoms with Crippen LogP contribution in [0.5, 0.6) is 17.2 Å². The van der Waals surface area contributed by atoms with Crippen molar-refractivity contribution in [3.8, 4) is 34.4 Å². The predicted octanol–water partition coefficient (Wildman–Crippen LogP) is 6.63. The monoisotopic (exact) mass is 721 g/mol. The second kappa shape index (κ2) is 17.5. The summed E-state index contributed by atoms with van der Waals surface area (Å²) in [5.41, 5.74) is 7.57. The van der Waals surface area contributed by atoms with Gasteiger partial charge in [0.2, 0.25) is 0 Å². The highest BCUT2D eigenvalue weighted by Crippen LogP contribution is 2.37. The van der Waals surface area contributed by atoms with Crippen molar-refractivity contribution >= 4 is 11.6 Å². The normalized spacial score (nSPS) is 14.4. The number of aliphatic hydroxyl groups is 1. The molecule has 6 rings (SSSR count). The fraction of sp³-hybridized carbons (Fsp3) is 0.350. The van der Waals surface area contributed by atoms with Gasteiger partial charge in [0.05, 0.1) is 29.8 Å². The van der Waals surface area contributed by atoms with E-state index in [1.54, 1.807) is 12.3 Å². The molecule has 1 saturated heterocycles. The number of nitrogens with one attached hydrogen (secondary N) is 1. The average molecular weight is 722 g/mol. The average Bonchev–Trinajstić information content (AvgIpc) is 3.82. The smallest absolute Gasteiger partial charge is 0.142 e. The van der Waals surface area contributed by atoms with Crippen molar-refractivity contribution in [2.75, 3.05) is 33.3 Å². The first kappa shape index (κ1) is 36.8. The van der Waals surface area contributed by atoms with Gasteiger partial charge in [-0.25, -0.2) is 4.98 Å². The first-order valence-electron chi connectivity index (χ1n) is 17.4. The summed E-state index contributed by atoms with van der Waals surface area (Å²) in [5, 5.41) is 26.4. The van der Waals surface area contributed by atoms with Crippen LogP contribution in [0.3, 0.4) is 0 Å². The summed E-state index contributed by atoms with van der Waals surface area (Å²) in [7, 11) is 1.98. The summed E-state index contributed by atoms with van der Waals surface area (Å²) in [6, 6.07) is 20.0. The minimum Gasteiger partial charge on any atom is -0.493 e. The maximum Gasteiger partial charge on any atom is 0.142 e. The van der Waals surface area contributed by atoms with Crippen molar-refractivity contribution in [2.45, 2.75) is 59.1 Å². The number of H-pyrrole nitrogens is 1. The van der Waals surface area contributed by atoms with Gasteiger partial charge in [-0.15, -0.1) is 0 Å². The van der Waals surface area contributed by atoms with Crippen molar-refractivity contribution < 1.29 is 19.3 Å². The van der Waals surface area contributed by atoms with Gasteiger partial charge < -0.3 is 24.2 Å². The zero-order chi connectivity index (χ0) is 36.5. The minimum atomic E-state index is -0.203. The van der Waals surface area contributed by atoms with E-state index in [1.807, 2.05) is 37.4 Å². The lowest BCUT2D eigenvalue weighted by atomic mass is 9.93. The van der Waals surface area contributed by atoms with Gasteiger partial charge in [0, 0.05) is 55.8 Å². The number of hydrogen-bond acceptors (Lipinski definition) is 10. The molecule has 0 spiro atoms. The summed E-state index contributed by atoms with van der Waals surface area (Å²) in [6.07, 6.45) is 6.25. The molecule has 1 aliphatic heterocycles. The highest BCUT2D eigenvalue weighted by molar-refractivity contribution is 6.32. The molecule has 52 heavy (non-hydrogen) atoms. The minimum absolute atomic E-state index is 0.203. The van der Waals surface area contributed by atoms with Crippen molar-refractivity contribution in [1.82, 2.24) is 30.0 Å². The highest BCUT2D eigenvalue weighted by Gasteiger charge is 2.20. The van der Waals surface area contributed by atoms with Crippen LogP contribution in [0.25, 0.3) is 11.1 Å². The summed E-state index contributed by atoms with van der Waals surface area (Å²) in [6.45, 7) is 9.05. The summed E-state index contributed by atoms with van der Waals surface area (Å²) in [4.78, 5) is 12.8. The third-order valence-corrected chi connectivity index (χ3v) is 9.58. The summed E-state index contributed by atoms with van der Waals surface area (Å²) < 4.78 is 18.9. The number of pyridine rings is 1. The van der Waals surface area contributed by atoms with E-state index < -0.39 is 0 Å². The van der Waals surface area contributed by atoms with Crippen molar-refractivity contribution in [2.24, 2.45) is 0 Å². The number of benzene rings is 3. The molecule has 0 amide bonds. The molecule has 5 aromatic rings. The molecule has 270 valence electrons. The largest absolute Gasteiger partial charge is 0.493 e. The molecule has 0 bridgehead atoms. The van der Waals surface area contributed by atoms with E-state index in [0.29, 0.717) is 48.4 Å². The molecule has 11 nitrogen and oxygen atoms in total. The Kier molecular flexibility index (Phi) is 12.4. The number of aromatic nitrogens is 4. The number of aliphatic hydroxyl groups excluding tert-OH is 1. The van der Waals surface area contributed by atoms with E-state index in [2.05, 4.69) is 68.1 Å². The van der Waals surface area contributed by atoms with Gasteiger partial charge in [-0.2, -0.15) is 10.4 Å². The van der Waals surface area contributed by atoms with Gasteiger partial charge >= 0.3 is 0 Å². The van der Waals surface area contributed by atoms with Crippen LogP contribution in [-0.4, -0.2) is 74.5 Å². The Morgan fingerprint density at radius 3 is 2.54 bits per heavy atom. The molecular formula is C40H44ClN7O4. The first-order valence-corrected chi connectivity index (χ1v) is 17.8. The lowest BCUT2D eigenvalue weighted by Crippen LogP contribution is -2.24. The van der Waals surface area contributed by atoms with Gasteiger partial charge in [-0.3, -0.25) is 15.0 Å². The van der Waals surface area contributed by atoms with Gasteiger partial charge in [0.1, 0.15) is 48.7 Å². The zero-order valence-electron chi connectivity index (χ0n) is 29.8. The van der Waals surface area contributed by atoms with Crippen LogP contribution >= 0.6 is 11.6 Å². The topological polar surface area (TPSA) is 133 Å². The van der Waals surface area contributed by atoms with E-state index >= 15 is 0 Å². The van der Waals surface area contributed by atoms with Gasteiger partial charge in [0.15, 0.2) is 0 Å². The Labute approximate surface area is 309 Å². The van der Waals surface area contributed by atoms with Crippen LogP contribution < -0.4 is 14.2 Å². The maximum absolute atomic E-state index is 9.80. The summed E-state index contributed by atoms with van der Waals surface area (Å²) >= 11 is 6.85. The Morgan fingerprint density at radius 1 is 0.962 bits per heavy atom. The SMILES string of the molecule is Cc1c(COc2cc(OCc3cncc(C#N)c3)c(CN(C)Cc3ncn[nH]3)cc2Cl)cccc1-c1cccc(OCCCN2CC[C@@H](O)C2)c1C. The lowest BCUT2D eigenvalue weighted by molar-refractivity contribution is 0.173. The van der Waals surface area contributed by atoms with Gasteiger partial charge in [-0.05, 0) is 79.8 Å². The molecule has 2 aromatic heterocycles. The fourth-order valence-corrected chi connectivity index (χ4v) is 6.72. The number of rotatable bonds is 16. The molecule has 1 fully saturated rings. The number of β-amino-alcohol motifs (C(OH)–C–C–N with tert-alkyl or cyclic N) is 1. The molecule has 0 radical (unpaired) electrons. The highest BCUT2D eigenvalue weighted by atomic mass is 35.5. The number of likely N-dealkylation sites (tertiary alicyclic amines) is 1. The third kappa shape index (κ3) is 9.46. The van der Waals surface area contributed by atoms with Crippen molar-refractivity contribution in [3.05, 3.63) is 118 Å². The molecule has 0 saturated carbocycles. The number of ether oxygens (including phenoxy) is 3. The molecule has 12 heteroatoms. The second-order valence-corrected chi connectivity index (χ2v) is 13.6. The van der Waals surface area contributed by atoms with E-state index in [0.717, 1.165) is 83.0 Å². The molecule has 0 unspecified atom stereocenters. The molecule has 2 N–H and O–H groups in total. The molecular weight excluding hydrogens is 678 g/mol. The molecule has 0 aliphatic carbocycles. The van der Waals surface area contributed by atoms with Crippen LogP contribution in [0.2, 0.25) is 5.02 Å². The third-order valence-electron chi connectivity index (χ3n) is 9.29. The van der Waals surface area contributed by atoms with Crippen LogP contribution in [0.1, 0.15) is 52.0 Å². The van der Waals surface area contributed by atoms with E-state index in [9.17, 15) is 10.4 Å². The Bertz CT molecular complexity index is 2000. The Morgan fingerprint density at radius 2 is 1.77 bits per heavy atom. The molecule has 1 atom stereocenters. The lowest BCUT2D eigenvalue weighted by Gasteiger charge is -2.20. The van der Waals surface area contributed by atoms with Crippen LogP contribution in [0.4, 0.5) is 0 Å². The Balaban J connectivity index is 1.16. The molecule has 3 aromatic carbocycles. The fourth-order valence-electron chi connectivity index (χ4n) is 6.48. The van der Waals surface area contributed by atoms with Crippen molar-refractivity contribution in [1.29, 1.82) is 5.26 Å². The number of hydrogen-bond donors (Lipinski definition) is 2. The number of aromatic amines is 1. The standard InChI is InChI=1S/C40H44ClN7O4/c1-27-31(7-4-8-34(27)35-9-5-10-37(28(35)2)50-14-6-12-48-13-11-33(49)22-48)25-52-39-17-38(51-24-30-15-29(18-42)19-43-20-30)32(16-36(39)41)21-47(3)23-40-44-26-45-46-40/h4-5,7-10,15-17,19-20,26,33,49H,6,11-14,21-25H2,1-3H3,(H,44,45,46)/t33-/m1/s1. The first-order chi connectivity index (χ1) is 25.3. The number of nitrogens with zero attached hydrogens (tertiary/aromatic N) is 6. The van der Waals surface area contributed by atoms with Gasteiger partial charge in [0.25, 0.3) is 0 Å². The molecule has 3 heterocycles. The predicted molar refractivity (Wildman–Crippen MR) is 199 cm³/mol. The quantitative estimate of drug-likeness (QED) is 0.107. The van der Waals surface area contributed by atoms with Crippen LogP contribution in [0, 0.1) is 25.2 Å². The van der Waals surface area contributed by atoms with E-state index in [1.165, 1.54) is 12.5 Å². The van der Waals surface area contributed by atoms with E-state index in [4.69, 9.17) is 25.8 Å². The van der Waals surface area contributed by atoms with Crippen molar-refractivity contribution in [3.63, 3.8) is 0 Å². The number of nitriles is 1. The van der Waals surface area contributed by atoms with Gasteiger partial charge in [-0.1, -0.05) is 41.9 Å². The Hall–Kier alpha value is -4.99. The van der Waals surface area contributed by atoms with E-state index in [-0.39, 0.29) is 12.7 Å². The zero-order valence-corrected chi connectivity index (χ0v) is 30.6. The number of halogens is 1. The van der Waals surface area contributed by atoms with Crippen LogP contribution in [-0.2, 0) is 26.3 Å². The second-order valence-electron chi connectivity index (χ2n) is 13.2.